The molecular weight excluding hydrogens is 380 g/mol. The standard InChI is InChI=1S/C23H26N4OS/c28-23(27-11-5-7-18-6-1-3-9-20(18)27)17-26-14-12-25(13-15-26)16-22-24-19-8-2-4-10-21(19)29-22/h1-4,6,8-10H,5,7,11-17H2/p+2. The van der Waals surface area contributed by atoms with Crippen molar-refractivity contribution in [2.45, 2.75) is 19.4 Å². The van der Waals surface area contributed by atoms with Crippen LogP contribution in [0.1, 0.15) is 17.0 Å². The summed E-state index contributed by atoms with van der Waals surface area (Å²) >= 11 is 1.82. The Morgan fingerprint density at radius 1 is 1.00 bits per heavy atom. The average Bonchev–Trinajstić information content (AvgIpc) is 3.17. The van der Waals surface area contributed by atoms with Crippen molar-refractivity contribution in [1.29, 1.82) is 0 Å². The number of rotatable bonds is 4. The van der Waals surface area contributed by atoms with E-state index in [1.165, 1.54) is 20.2 Å². The number of aryl methyl sites for hydroxylation is 1. The van der Waals surface area contributed by atoms with E-state index in [-0.39, 0.29) is 5.91 Å². The van der Waals surface area contributed by atoms with Crippen LogP contribution < -0.4 is 14.7 Å². The van der Waals surface area contributed by atoms with Gasteiger partial charge >= 0.3 is 0 Å². The van der Waals surface area contributed by atoms with Crippen molar-refractivity contribution in [2.24, 2.45) is 0 Å². The number of hydrogen-bond donors (Lipinski definition) is 2. The lowest BCUT2D eigenvalue weighted by molar-refractivity contribution is -1.02. The van der Waals surface area contributed by atoms with Crippen LogP contribution in [0.5, 0.6) is 0 Å². The SMILES string of the molecule is O=C(C[NH+]1CC[NH+](Cc2nc3ccccc3s2)CC1)N1CCCc2ccccc21. The van der Waals surface area contributed by atoms with E-state index in [9.17, 15) is 4.79 Å². The van der Waals surface area contributed by atoms with Gasteiger partial charge in [0.25, 0.3) is 5.91 Å². The van der Waals surface area contributed by atoms with E-state index in [2.05, 4.69) is 42.5 Å². The van der Waals surface area contributed by atoms with E-state index in [1.807, 2.05) is 22.3 Å². The van der Waals surface area contributed by atoms with Crippen LogP contribution in [0.4, 0.5) is 5.69 Å². The fraction of sp³-hybridized carbons (Fsp3) is 0.391. The summed E-state index contributed by atoms with van der Waals surface area (Å²) in [7, 11) is 0. The maximum Gasteiger partial charge on any atom is 0.282 e. The van der Waals surface area contributed by atoms with E-state index < -0.39 is 0 Å². The topological polar surface area (TPSA) is 42.1 Å². The number of thiazole rings is 1. The lowest BCUT2D eigenvalue weighted by atomic mass is 10.0. The van der Waals surface area contributed by atoms with Gasteiger partial charge in [-0.25, -0.2) is 4.98 Å². The first-order chi connectivity index (χ1) is 14.3. The molecule has 1 fully saturated rings. The number of benzene rings is 2. The van der Waals surface area contributed by atoms with Gasteiger partial charge in [-0.05, 0) is 36.6 Å². The minimum atomic E-state index is 0.279. The molecule has 3 aromatic rings. The third kappa shape index (κ3) is 4.06. The Labute approximate surface area is 175 Å². The highest BCUT2D eigenvalue weighted by molar-refractivity contribution is 7.18. The van der Waals surface area contributed by atoms with Crippen molar-refractivity contribution in [2.75, 3.05) is 44.2 Å². The summed E-state index contributed by atoms with van der Waals surface area (Å²) in [6.07, 6.45) is 2.15. The van der Waals surface area contributed by atoms with Gasteiger partial charge in [-0.2, -0.15) is 0 Å². The van der Waals surface area contributed by atoms with E-state index in [4.69, 9.17) is 4.98 Å². The molecule has 6 heteroatoms. The van der Waals surface area contributed by atoms with Gasteiger partial charge in [0.15, 0.2) is 6.54 Å². The monoisotopic (exact) mass is 408 g/mol. The number of nitrogens with one attached hydrogen (secondary N) is 2. The summed E-state index contributed by atoms with van der Waals surface area (Å²) < 4.78 is 1.28. The van der Waals surface area contributed by atoms with Crippen LogP contribution in [0.2, 0.25) is 0 Å². The number of hydrogen-bond acceptors (Lipinski definition) is 3. The molecule has 150 valence electrons. The van der Waals surface area contributed by atoms with Crippen LogP contribution in [0, 0.1) is 0 Å². The molecule has 5 nitrogen and oxygen atoms in total. The van der Waals surface area contributed by atoms with Crippen molar-refractivity contribution in [3.63, 3.8) is 0 Å². The number of carbonyl (C=O) groups excluding carboxylic acids is 1. The van der Waals surface area contributed by atoms with Crippen molar-refractivity contribution in [3.05, 3.63) is 59.1 Å². The molecule has 0 spiro atoms. The molecule has 1 amide bonds. The van der Waals surface area contributed by atoms with Crippen LogP contribution in [-0.4, -0.2) is 50.2 Å². The third-order valence-corrected chi connectivity index (χ3v) is 7.25. The largest absolute Gasteiger partial charge is 0.320 e. The second-order valence-corrected chi connectivity index (χ2v) is 9.32. The molecule has 2 aliphatic rings. The molecule has 2 aliphatic heterocycles. The fourth-order valence-electron chi connectivity index (χ4n) is 4.62. The van der Waals surface area contributed by atoms with Crippen LogP contribution >= 0.6 is 11.3 Å². The highest BCUT2D eigenvalue weighted by atomic mass is 32.1. The highest BCUT2D eigenvalue weighted by Gasteiger charge is 2.29. The number of amides is 1. The number of nitrogens with zero attached hydrogens (tertiary/aromatic N) is 2. The third-order valence-electron chi connectivity index (χ3n) is 6.22. The van der Waals surface area contributed by atoms with Gasteiger partial charge in [-0.1, -0.05) is 30.3 Å². The lowest BCUT2D eigenvalue weighted by Crippen LogP contribution is -3.28. The summed E-state index contributed by atoms with van der Waals surface area (Å²) in [6, 6.07) is 16.8. The molecule has 0 atom stereocenters. The number of piperazine rings is 1. The molecule has 0 radical (unpaired) electrons. The Bertz CT molecular complexity index is 976. The van der Waals surface area contributed by atoms with Gasteiger partial charge in [0, 0.05) is 12.2 Å². The molecule has 1 saturated heterocycles. The minimum absolute atomic E-state index is 0.279. The normalized spacial score (nSPS) is 21.9. The predicted molar refractivity (Wildman–Crippen MR) is 117 cm³/mol. The molecule has 0 bridgehead atoms. The smallest absolute Gasteiger partial charge is 0.282 e. The molecule has 0 aliphatic carbocycles. The molecule has 3 heterocycles. The number of quaternary nitrogens is 2. The highest BCUT2D eigenvalue weighted by Crippen LogP contribution is 2.26. The van der Waals surface area contributed by atoms with Gasteiger partial charge in [-0.3, -0.25) is 4.79 Å². The van der Waals surface area contributed by atoms with E-state index >= 15 is 0 Å². The molecule has 2 aromatic carbocycles. The van der Waals surface area contributed by atoms with Gasteiger partial charge in [-0.15, -0.1) is 11.3 Å². The van der Waals surface area contributed by atoms with E-state index in [0.29, 0.717) is 6.54 Å². The van der Waals surface area contributed by atoms with E-state index in [1.54, 1.807) is 4.90 Å². The first-order valence-corrected chi connectivity index (χ1v) is 11.5. The first-order valence-electron chi connectivity index (χ1n) is 10.7. The van der Waals surface area contributed by atoms with Gasteiger partial charge in [0.1, 0.15) is 37.7 Å². The van der Waals surface area contributed by atoms with E-state index in [0.717, 1.165) is 63.3 Å². The average molecular weight is 409 g/mol. The van der Waals surface area contributed by atoms with Crippen molar-refractivity contribution < 1.29 is 14.6 Å². The molecule has 2 N–H and O–H groups in total. The summed E-state index contributed by atoms with van der Waals surface area (Å²) in [4.78, 5) is 22.8. The Morgan fingerprint density at radius 2 is 1.76 bits per heavy atom. The molecule has 0 unspecified atom stereocenters. The molecule has 0 saturated carbocycles. The van der Waals surface area contributed by atoms with Crippen LogP contribution in [-0.2, 0) is 17.8 Å². The number of fused-ring (bicyclic) bond motifs is 2. The number of para-hydroxylation sites is 2. The Kier molecular flexibility index (Phi) is 5.31. The van der Waals surface area contributed by atoms with Crippen molar-refractivity contribution in [3.8, 4) is 0 Å². The Balaban J connectivity index is 1.16. The van der Waals surface area contributed by atoms with Gasteiger partial charge < -0.3 is 14.7 Å². The first kappa shape index (κ1) is 18.7. The quantitative estimate of drug-likeness (QED) is 0.663. The number of aromatic nitrogens is 1. The maximum absolute atomic E-state index is 13.0. The van der Waals surface area contributed by atoms with Gasteiger partial charge in [0.2, 0.25) is 0 Å². The Morgan fingerprint density at radius 3 is 2.62 bits per heavy atom. The summed E-state index contributed by atoms with van der Waals surface area (Å²) in [6.45, 7) is 6.80. The zero-order valence-electron chi connectivity index (χ0n) is 16.7. The number of carbonyl (C=O) groups is 1. The summed E-state index contributed by atoms with van der Waals surface area (Å²) in [5.41, 5.74) is 3.55. The zero-order chi connectivity index (χ0) is 19.6. The summed E-state index contributed by atoms with van der Waals surface area (Å²) in [5.74, 6) is 0.279. The molecule has 1 aromatic heterocycles. The molecule has 29 heavy (non-hydrogen) atoms. The molecule has 5 rings (SSSR count). The van der Waals surface area contributed by atoms with Crippen LogP contribution in [0.25, 0.3) is 10.2 Å². The van der Waals surface area contributed by atoms with Crippen LogP contribution in [0.15, 0.2) is 48.5 Å². The lowest BCUT2D eigenvalue weighted by Gasteiger charge is -2.32. The van der Waals surface area contributed by atoms with Crippen LogP contribution in [0.3, 0.4) is 0 Å². The Hall–Kier alpha value is -2.28. The van der Waals surface area contributed by atoms with Gasteiger partial charge in [0.05, 0.1) is 10.2 Å². The van der Waals surface area contributed by atoms with Crippen molar-refractivity contribution in [1.82, 2.24) is 4.98 Å². The predicted octanol–water partition coefficient (Wildman–Crippen LogP) is 0.559. The second-order valence-electron chi connectivity index (χ2n) is 8.21. The number of anilines is 1. The molecular formula is C23H28N4OS+2. The van der Waals surface area contributed by atoms with Crippen molar-refractivity contribution >= 4 is 33.1 Å². The summed E-state index contributed by atoms with van der Waals surface area (Å²) in [5, 5.41) is 1.23. The fourth-order valence-corrected chi connectivity index (χ4v) is 5.66. The second kappa shape index (κ2) is 8.22. The zero-order valence-corrected chi connectivity index (χ0v) is 17.5. The minimum Gasteiger partial charge on any atom is -0.320 e. The maximum atomic E-state index is 13.0.